The number of hydrazine groups is 1. The SMILES string of the molecule is N#Cc1ccc(S(=O)(=O)NNC(=O)c2ccc3ccccc3n2)cc1. The third kappa shape index (κ3) is 3.63. The van der Waals surface area contributed by atoms with Gasteiger partial charge in [-0.05, 0) is 36.4 Å². The largest absolute Gasteiger partial charge is 0.284 e. The molecule has 25 heavy (non-hydrogen) atoms. The number of hydrogen-bond acceptors (Lipinski definition) is 5. The molecule has 1 heterocycles. The zero-order chi connectivity index (χ0) is 17.9. The van der Waals surface area contributed by atoms with E-state index in [-0.39, 0.29) is 10.6 Å². The lowest BCUT2D eigenvalue weighted by Crippen LogP contribution is -2.41. The number of pyridine rings is 1. The van der Waals surface area contributed by atoms with E-state index < -0.39 is 15.9 Å². The van der Waals surface area contributed by atoms with Crippen LogP contribution in [0, 0.1) is 11.3 Å². The second-order valence-electron chi connectivity index (χ2n) is 5.08. The van der Waals surface area contributed by atoms with Gasteiger partial charge in [0.2, 0.25) is 0 Å². The zero-order valence-electron chi connectivity index (χ0n) is 12.8. The fraction of sp³-hybridized carbons (Fsp3) is 0. The lowest BCUT2D eigenvalue weighted by molar-refractivity contribution is 0.0940. The topological polar surface area (TPSA) is 112 Å². The van der Waals surface area contributed by atoms with Crippen molar-refractivity contribution in [1.29, 1.82) is 5.26 Å². The van der Waals surface area contributed by atoms with Crippen molar-refractivity contribution in [3.05, 3.63) is 71.9 Å². The molecule has 3 rings (SSSR count). The Labute approximate surface area is 144 Å². The van der Waals surface area contributed by atoms with Gasteiger partial charge in [0.15, 0.2) is 0 Å². The molecule has 2 aromatic carbocycles. The van der Waals surface area contributed by atoms with Crippen molar-refractivity contribution >= 4 is 26.8 Å². The summed E-state index contributed by atoms with van der Waals surface area (Å²) in [6, 6.07) is 17.7. The molecule has 124 valence electrons. The first kappa shape index (κ1) is 16.6. The van der Waals surface area contributed by atoms with Gasteiger partial charge < -0.3 is 0 Å². The monoisotopic (exact) mass is 352 g/mol. The molecule has 0 aliphatic heterocycles. The van der Waals surface area contributed by atoms with E-state index in [9.17, 15) is 13.2 Å². The first-order valence-electron chi connectivity index (χ1n) is 7.18. The first-order chi connectivity index (χ1) is 12.0. The number of carbonyl (C=O) groups excluding carboxylic acids is 1. The average Bonchev–Trinajstić information content (AvgIpc) is 2.65. The molecule has 0 aliphatic rings. The Bertz CT molecular complexity index is 1090. The fourth-order valence-corrected chi connectivity index (χ4v) is 2.98. The Morgan fingerprint density at radius 1 is 1.00 bits per heavy atom. The van der Waals surface area contributed by atoms with Gasteiger partial charge in [-0.25, -0.2) is 13.4 Å². The van der Waals surface area contributed by atoms with Crippen molar-refractivity contribution in [2.45, 2.75) is 4.90 Å². The van der Waals surface area contributed by atoms with Crippen LogP contribution in [0.2, 0.25) is 0 Å². The molecule has 7 nitrogen and oxygen atoms in total. The Balaban J connectivity index is 1.74. The molecular formula is C17H12N4O3S. The summed E-state index contributed by atoms with van der Waals surface area (Å²) in [5.41, 5.74) is 3.18. The summed E-state index contributed by atoms with van der Waals surface area (Å²) < 4.78 is 24.3. The molecule has 0 aliphatic carbocycles. The third-order valence-electron chi connectivity index (χ3n) is 3.42. The summed E-state index contributed by atoms with van der Waals surface area (Å²) in [7, 11) is -3.95. The lowest BCUT2D eigenvalue weighted by atomic mass is 10.2. The molecule has 3 aromatic rings. The standard InChI is InChI=1S/C17H12N4O3S/c18-11-12-5-8-14(9-6-12)25(23,24)21-20-17(22)16-10-7-13-3-1-2-4-15(13)19-16/h1-10,21H,(H,20,22). The van der Waals surface area contributed by atoms with Crippen molar-refractivity contribution in [2.75, 3.05) is 0 Å². The van der Waals surface area contributed by atoms with Gasteiger partial charge in [0, 0.05) is 5.39 Å². The van der Waals surface area contributed by atoms with Crippen LogP contribution in [-0.4, -0.2) is 19.3 Å². The highest BCUT2D eigenvalue weighted by Crippen LogP contribution is 2.12. The minimum absolute atomic E-state index is 0.0710. The van der Waals surface area contributed by atoms with Crippen LogP contribution in [0.25, 0.3) is 10.9 Å². The highest BCUT2D eigenvalue weighted by atomic mass is 32.2. The molecule has 1 amide bonds. The summed E-state index contributed by atoms with van der Waals surface area (Å²) in [6.45, 7) is 0. The number of nitrogens with one attached hydrogen (secondary N) is 2. The number of aromatic nitrogens is 1. The highest BCUT2D eigenvalue weighted by Gasteiger charge is 2.16. The van der Waals surface area contributed by atoms with E-state index in [0.717, 1.165) is 5.39 Å². The summed E-state index contributed by atoms with van der Waals surface area (Å²) in [5, 5.41) is 9.60. The molecule has 0 fully saturated rings. The minimum Gasteiger partial charge on any atom is -0.272 e. The number of hydrogen-bond donors (Lipinski definition) is 2. The Morgan fingerprint density at radius 3 is 2.44 bits per heavy atom. The first-order valence-corrected chi connectivity index (χ1v) is 8.66. The predicted molar refractivity (Wildman–Crippen MR) is 90.7 cm³/mol. The number of sulfonamides is 1. The van der Waals surface area contributed by atoms with Gasteiger partial charge in [0.05, 0.1) is 22.0 Å². The smallest absolute Gasteiger partial charge is 0.272 e. The van der Waals surface area contributed by atoms with Crippen LogP contribution in [0.5, 0.6) is 0 Å². The van der Waals surface area contributed by atoms with Gasteiger partial charge in [0.1, 0.15) is 5.69 Å². The van der Waals surface area contributed by atoms with E-state index in [1.807, 2.05) is 23.0 Å². The Morgan fingerprint density at radius 2 is 1.72 bits per heavy atom. The summed E-state index contributed by atoms with van der Waals surface area (Å²) in [5.74, 6) is -0.678. The number of nitrogens with zero attached hydrogens (tertiary/aromatic N) is 2. The molecule has 0 spiro atoms. The number of amides is 1. The number of rotatable bonds is 4. The molecule has 2 N–H and O–H groups in total. The predicted octanol–water partition coefficient (Wildman–Crippen LogP) is 1.73. The Kier molecular flexibility index (Phi) is 4.43. The van der Waals surface area contributed by atoms with Crippen LogP contribution in [-0.2, 0) is 10.0 Å². The van der Waals surface area contributed by atoms with E-state index in [4.69, 9.17) is 5.26 Å². The van der Waals surface area contributed by atoms with Gasteiger partial charge in [0.25, 0.3) is 15.9 Å². The molecule has 0 atom stereocenters. The Hall–Kier alpha value is -3.28. The van der Waals surface area contributed by atoms with E-state index >= 15 is 0 Å². The second-order valence-corrected chi connectivity index (χ2v) is 6.77. The van der Waals surface area contributed by atoms with E-state index in [1.165, 1.54) is 30.3 Å². The second kappa shape index (κ2) is 6.68. The molecule has 0 unspecified atom stereocenters. The van der Waals surface area contributed by atoms with Gasteiger partial charge >= 0.3 is 0 Å². The van der Waals surface area contributed by atoms with Crippen molar-refractivity contribution in [2.24, 2.45) is 0 Å². The van der Waals surface area contributed by atoms with Crippen molar-refractivity contribution in [1.82, 2.24) is 15.2 Å². The lowest BCUT2D eigenvalue weighted by Gasteiger charge is -2.08. The highest BCUT2D eigenvalue weighted by molar-refractivity contribution is 7.89. The number of benzene rings is 2. The zero-order valence-corrected chi connectivity index (χ0v) is 13.6. The number of carbonyl (C=O) groups is 1. The summed E-state index contributed by atoms with van der Waals surface area (Å²) in [6.07, 6.45) is 0. The van der Waals surface area contributed by atoms with Crippen LogP contribution >= 0.6 is 0 Å². The minimum atomic E-state index is -3.95. The molecule has 1 aromatic heterocycles. The van der Waals surface area contributed by atoms with Crippen LogP contribution in [0.3, 0.4) is 0 Å². The molecular weight excluding hydrogens is 340 g/mol. The number of para-hydroxylation sites is 1. The van der Waals surface area contributed by atoms with E-state index in [1.54, 1.807) is 18.2 Å². The van der Waals surface area contributed by atoms with Gasteiger partial charge in [-0.2, -0.15) is 5.26 Å². The quantitative estimate of drug-likeness (QED) is 0.695. The fourth-order valence-electron chi connectivity index (χ4n) is 2.14. The van der Waals surface area contributed by atoms with Crippen molar-refractivity contribution in [3.63, 3.8) is 0 Å². The van der Waals surface area contributed by atoms with E-state index in [2.05, 4.69) is 10.4 Å². The van der Waals surface area contributed by atoms with Gasteiger partial charge in [-0.1, -0.05) is 24.3 Å². The molecule has 0 saturated heterocycles. The average molecular weight is 352 g/mol. The van der Waals surface area contributed by atoms with Gasteiger partial charge in [-0.15, -0.1) is 4.83 Å². The van der Waals surface area contributed by atoms with Crippen LogP contribution in [0.1, 0.15) is 16.1 Å². The maximum absolute atomic E-state index is 12.2. The van der Waals surface area contributed by atoms with Gasteiger partial charge in [-0.3, -0.25) is 10.2 Å². The number of fused-ring (bicyclic) bond motifs is 1. The maximum Gasteiger partial charge on any atom is 0.284 e. The molecule has 0 bridgehead atoms. The number of nitriles is 1. The van der Waals surface area contributed by atoms with Crippen LogP contribution < -0.4 is 10.3 Å². The van der Waals surface area contributed by atoms with Crippen molar-refractivity contribution < 1.29 is 13.2 Å². The molecule has 8 heteroatoms. The summed E-state index contributed by atoms with van der Waals surface area (Å²) in [4.78, 5) is 18.2. The summed E-state index contributed by atoms with van der Waals surface area (Å²) >= 11 is 0. The molecule has 0 saturated carbocycles. The maximum atomic E-state index is 12.2. The normalized spacial score (nSPS) is 11.0. The molecule has 0 radical (unpaired) electrons. The third-order valence-corrected chi connectivity index (χ3v) is 4.69. The van der Waals surface area contributed by atoms with Crippen LogP contribution in [0.15, 0.2) is 65.6 Å². The van der Waals surface area contributed by atoms with Crippen molar-refractivity contribution in [3.8, 4) is 6.07 Å². The van der Waals surface area contributed by atoms with Crippen LogP contribution in [0.4, 0.5) is 0 Å². The van der Waals surface area contributed by atoms with E-state index in [0.29, 0.717) is 11.1 Å².